The third kappa shape index (κ3) is 4.36. The van der Waals surface area contributed by atoms with Crippen LogP contribution in [0.5, 0.6) is 5.88 Å². The maximum atomic E-state index is 12.2. The number of methoxy groups -OCH3 is 1. The van der Waals surface area contributed by atoms with E-state index >= 15 is 0 Å². The van der Waals surface area contributed by atoms with Gasteiger partial charge < -0.3 is 4.74 Å². The molecule has 0 atom stereocenters. The van der Waals surface area contributed by atoms with Crippen molar-refractivity contribution in [3.05, 3.63) is 35.8 Å². The smallest absolute Gasteiger partial charge is 0.301 e. The Hall–Kier alpha value is -2.52. The van der Waals surface area contributed by atoms with Crippen molar-refractivity contribution in [3.63, 3.8) is 0 Å². The van der Waals surface area contributed by atoms with Gasteiger partial charge in [0, 0.05) is 44.2 Å². The third-order valence-electron chi connectivity index (χ3n) is 3.77. The predicted molar refractivity (Wildman–Crippen MR) is 99.4 cm³/mol. The lowest BCUT2D eigenvalue weighted by Crippen LogP contribution is -2.29. The summed E-state index contributed by atoms with van der Waals surface area (Å²) in [7, 11) is 0.558. The molecule has 0 bridgehead atoms. The minimum absolute atomic E-state index is 0.0126. The molecule has 0 spiro atoms. The number of nitrogens with one attached hydrogen (secondary N) is 1. The van der Waals surface area contributed by atoms with E-state index < -0.39 is 10.2 Å². The van der Waals surface area contributed by atoms with E-state index in [1.54, 1.807) is 31.5 Å². The lowest BCUT2D eigenvalue weighted by molar-refractivity contribution is -0.116. The molecule has 2 rings (SSSR count). The fourth-order valence-corrected chi connectivity index (χ4v) is 3.04. The summed E-state index contributed by atoms with van der Waals surface area (Å²) in [5, 5.41) is 0. The van der Waals surface area contributed by atoms with Crippen LogP contribution in [0.3, 0.4) is 0 Å². The number of anilines is 1. The molecular weight excluding hydrogens is 356 g/mol. The quantitative estimate of drug-likeness (QED) is 0.788. The molecule has 0 radical (unpaired) electrons. The Kier molecular flexibility index (Phi) is 5.94. The molecule has 1 N–H and O–H groups in total. The monoisotopic (exact) mass is 378 g/mol. The SMILES string of the molecule is COc1ncc(-c2ccnc(CC(C)=O)c2)c(C)c1NS(=O)(=O)N(C)C. The number of ether oxygens (including phenoxy) is 1. The Morgan fingerprint density at radius 3 is 2.58 bits per heavy atom. The highest BCUT2D eigenvalue weighted by molar-refractivity contribution is 7.90. The second-order valence-corrected chi connectivity index (χ2v) is 7.87. The number of Topliss-reactive ketones (excluding diaryl/α,β-unsaturated/α-hetero) is 1. The molecule has 0 aromatic carbocycles. The molecule has 140 valence electrons. The molecule has 2 aromatic heterocycles. The average Bonchev–Trinajstić information content (AvgIpc) is 2.56. The standard InChI is InChI=1S/C17H22N4O4S/c1-11(22)8-14-9-13(6-7-18-14)15-10-19-17(25-5)16(12(15)2)20-26(23,24)21(3)4/h6-7,9-10,20H,8H2,1-5H3. The fourth-order valence-electron chi connectivity index (χ4n) is 2.36. The van der Waals surface area contributed by atoms with Gasteiger partial charge in [-0.2, -0.15) is 12.7 Å². The van der Waals surface area contributed by atoms with E-state index in [4.69, 9.17) is 4.74 Å². The largest absolute Gasteiger partial charge is 0.479 e. The Morgan fingerprint density at radius 1 is 1.31 bits per heavy atom. The van der Waals surface area contributed by atoms with E-state index in [1.807, 2.05) is 0 Å². The molecule has 0 saturated carbocycles. The molecule has 0 aliphatic carbocycles. The van der Waals surface area contributed by atoms with E-state index in [0.29, 0.717) is 11.3 Å². The predicted octanol–water partition coefficient (Wildman–Crippen LogP) is 1.81. The van der Waals surface area contributed by atoms with Crippen molar-refractivity contribution < 1.29 is 17.9 Å². The molecule has 8 nitrogen and oxygen atoms in total. The molecule has 26 heavy (non-hydrogen) atoms. The molecule has 0 saturated heterocycles. The van der Waals surface area contributed by atoms with Crippen molar-refractivity contribution in [2.45, 2.75) is 20.3 Å². The molecule has 9 heteroatoms. The summed E-state index contributed by atoms with van der Waals surface area (Å²) in [6, 6.07) is 3.58. The summed E-state index contributed by atoms with van der Waals surface area (Å²) in [4.78, 5) is 19.7. The van der Waals surface area contributed by atoms with Gasteiger partial charge in [-0.15, -0.1) is 0 Å². The number of nitrogens with zero attached hydrogens (tertiary/aromatic N) is 3. The van der Waals surface area contributed by atoms with Crippen LogP contribution in [0.15, 0.2) is 24.5 Å². The highest BCUT2D eigenvalue weighted by Crippen LogP contribution is 2.34. The second-order valence-electron chi connectivity index (χ2n) is 5.99. The van der Waals surface area contributed by atoms with E-state index in [0.717, 1.165) is 15.4 Å². The second kappa shape index (κ2) is 7.79. The van der Waals surface area contributed by atoms with Crippen LogP contribution < -0.4 is 9.46 Å². The number of ketones is 1. The van der Waals surface area contributed by atoms with Crippen molar-refractivity contribution >= 4 is 21.7 Å². The lowest BCUT2D eigenvalue weighted by atomic mass is 10.0. The van der Waals surface area contributed by atoms with Gasteiger partial charge in [0.25, 0.3) is 0 Å². The van der Waals surface area contributed by atoms with E-state index in [9.17, 15) is 13.2 Å². The summed E-state index contributed by atoms with van der Waals surface area (Å²) in [6.45, 7) is 3.28. The maximum Gasteiger partial charge on any atom is 0.301 e. The molecule has 0 fully saturated rings. The molecular formula is C17H22N4O4S. The molecule has 0 amide bonds. The fraction of sp³-hybridized carbons (Fsp3) is 0.353. The maximum absolute atomic E-state index is 12.2. The van der Waals surface area contributed by atoms with Crippen LogP contribution >= 0.6 is 0 Å². The zero-order chi connectivity index (χ0) is 19.5. The van der Waals surface area contributed by atoms with Crippen LogP contribution in [-0.2, 0) is 21.4 Å². The Bertz CT molecular complexity index is 926. The van der Waals surface area contributed by atoms with Crippen LogP contribution in [0.4, 0.5) is 5.69 Å². The summed E-state index contributed by atoms with van der Waals surface area (Å²) in [6.07, 6.45) is 3.45. The summed E-state index contributed by atoms with van der Waals surface area (Å²) >= 11 is 0. The van der Waals surface area contributed by atoms with Crippen LogP contribution in [0.25, 0.3) is 11.1 Å². The van der Waals surface area contributed by atoms with Crippen molar-refractivity contribution in [1.82, 2.24) is 14.3 Å². The topological polar surface area (TPSA) is 101 Å². The Morgan fingerprint density at radius 2 is 2.00 bits per heavy atom. The normalized spacial score (nSPS) is 11.5. The molecule has 0 aliphatic heterocycles. The summed E-state index contributed by atoms with van der Waals surface area (Å²) in [5.41, 5.74) is 3.06. The van der Waals surface area contributed by atoms with Gasteiger partial charge in [-0.25, -0.2) is 4.98 Å². The minimum Gasteiger partial charge on any atom is -0.479 e. The number of hydrogen-bond donors (Lipinski definition) is 1. The first-order valence-electron chi connectivity index (χ1n) is 7.84. The number of carbonyl (C=O) groups excluding carboxylic acids is 1. The van der Waals surface area contributed by atoms with Crippen LogP contribution in [0.2, 0.25) is 0 Å². The van der Waals surface area contributed by atoms with Gasteiger partial charge in [0.2, 0.25) is 5.88 Å². The van der Waals surface area contributed by atoms with Gasteiger partial charge >= 0.3 is 10.2 Å². The van der Waals surface area contributed by atoms with Gasteiger partial charge in [-0.1, -0.05) is 0 Å². The summed E-state index contributed by atoms with van der Waals surface area (Å²) < 4.78 is 33.2. The van der Waals surface area contributed by atoms with E-state index in [2.05, 4.69) is 14.7 Å². The first-order valence-corrected chi connectivity index (χ1v) is 9.28. The minimum atomic E-state index is -3.72. The van der Waals surface area contributed by atoms with Crippen LogP contribution in [-0.4, -0.2) is 49.7 Å². The van der Waals surface area contributed by atoms with Crippen molar-refractivity contribution in [2.75, 3.05) is 25.9 Å². The van der Waals surface area contributed by atoms with Gasteiger partial charge in [-0.05, 0) is 37.1 Å². The highest BCUT2D eigenvalue weighted by Gasteiger charge is 2.21. The average molecular weight is 378 g/mol. The molecule has 0 aliphatic rings. The summed E-state index contributed by atoms with van der Waals surface area (Å²) in [5.74, 6) is 0.188. The lowest BCUT2D eigenvalue weighted by Gasteiger charge is -2.18. The van der Waals surface area contributed by atoms with Crippen LogP contribution in [0.1, 0.15) is 18.2 Å². The first-order chi connectivity index (χ1) is 12.2. The Labute approximate surface area is 153 Å². The molecule has 2 heterocycles. The number of pyridine rings is 2. The number of hydrogen-bond acceptors (Lipinski definition) is 6. The van der Waals surface area contributed by atoms with Gasteiger partial charge in [0.05, 0.1) is 7.11 Å². The molecule has 2 aromatic rings. The van der Waals surface area contributed by atoms with E-state index in [1.165, 1.54) is 28.1 Å². The third-order valence-corrected chi connectivity index (χ3v) is 5.19. The zero-order valence-electron chi connectivity index (χ0n) is 15.4. The van der Waals surface area contributed by atoms with Crippen molar-refractivity contribution in [3.8, 4) is 17.0 Å². The number of carbonyl (C=O) groups is 1. The van der Waals surface area contributed by atoms with Crippen LogP contribution in [0, 0.1) is 6.92 Å². The first kappa shape index (κ1) is 19.8. The van der Waals surface area contributed by atoms with Crippen molar-refractivity contribution in [1.29, 1.82) is 0 Å². The van der Waals surface area contributed by atoms with Gasteiger partial charge in [0.15, 0.2) is 0 Å². The Balaban J connectivity index is 2.55. The highest BCUT2D eigenvalue weighted by atomic mass is 32.2. The van der Waals surface area contributed by atoms with E-state index in [-0.39, 0.29) is 23.8 Å². The van der Waals surface area contributed by atoms with Crippen molar-refractivity contribution in [2.24, 2.45) is 0 Å². The number of aromatic nitrogens is 2. The van der Waals surface area contributed by atoms with Gasteiger partial charge in [0.1, 0.15) is 11.5 Å². The zero-order valence-corrected chi connectivity index (χ0v) is 16.2. The molecule has 0 unspecified atom stereocenters. The number of rotatable bonds is 7. The van der Waals surface area contributed by atoms with Gasteiger partial charge in [-0.3, -0.25) is 14.5 Å².